The molecule has 0 aromatic heterocycles. The molecule has 0 aliphatic carbocycles. The molecule has 0 aromatic carbocycles. The van der Waals surface area contributed by atoms with Crippen molar-refractivity contribution in [1.82, 2.24) is 20.9 Å². The Morgan fingerprint density at radius 1 is 1.55 bits per heavy atom. The highest BCUT2D eigenvalue weighted by Gasteiger charge is 2.50. The number of hydrogen-bond acceptors (Lipinski definition) is 4. The van der Waals surface area contributed by atoms with Crippen molar-refractivity contribution in [3.63, 3.8) is 0 Å². The number of nitrogens with one attached hydrogen (secondary N) is 3. The molecule has 0 bridgehead atoms. The Labute approximate surface area is 118 Å². The quantitative estimate of drug-likeness (QED) is 0.602. The van der Waals surface area contributed by atoms with Gasteiger partial charge in [-0.15, -0.1) is 0 Å². The Morgan fingerprint density at radius 2 is 2.45 bits per heavy atom. The van der Waals surface area contributed by atoms with Gasteiger partial charge in [0.25, 0.3) is 0 Å². The highest BCUT2D eigenvalue weighted by atomic mass is 16.5. The molecule has 2 atom stereocenters. The van der Waals surface area contributed by atoms with Gasteiger partial charge in [-0.3, -0.25) is 4.79 Å². The molecule has 7 heteroatoms. The predicted molar refractivity (Wildman–Crippen MR) is 72.2 cm³/mol. The molecule has 0 spiro atoms. The molecule has 20 heavy (non-hydrogen) atoms. The van der Waals surface area contributed by atoms with Gasteiger partial charge in [-0.25, -0.2) is 4.79 Å². The van der Waals surface area contributed by atoms with Gasteiger partial charge in [-0.1, -0.05) is 0 Å². The van der Waals surface area contributed by atoms with Gasteiger partial charge in [-0.2, -0.15) is 0 Å². The van der Waals surface area contributed by atoms with E-state index in [4.69, 9.17) is 4.74 Å². The highest BCUT2D eigenvalue weighted by molar-refractivity contribution is 5.84. The van der Waals surface area contributed by atoms with E-state index in [0.29, 0.717) is 45.2 Å². The summed E-state index contributed by atoms with van der Waals surface area (Å²) in [6, 6.07) is -0.0428. The van der Waals surface area contributed by atoms with Gasteiger partial charge in [0.05, 0.1) is 12.0 Å². The van der Waals surface area contributed by atoms with Crippen LogP contribution in [0, 0.1) is 11.3 Å². The smallest absolute Gasteiger partial charge is 0.317 e. The Kier molecular flexibility index (Phi) is 3.80. The molecular weight excluding hydrogens is 260 g/mol. The van der Waals surface area contributed by atoms with Crippen molar-refractivity contribution in [3.05, 3.63) is 0 Å². The van der Waals surface area contributed by atoms with Crippen molar-refractivity contribution in [2.45, 2.75) is 6.42 Å². The number of amides is 3. The van der Waals surface area contributed by atoms with E-state index in [1.807, 2.05) is 0 Å². The van der Waals surface area contributed by atoms with Crippen LogP contribution in [-0.2, 0) is 9.53 Å². The summed E-state index contributed by atoms with van der Waals surface area (Å²) in [6.45, 7) is 5.30. The topological polar surface area (TPSA) is 82.7 Å². The first-order valence-electron chi connectivity index (χ1n) is 7.32. The van der Waals surface area contributed by atoms with Crippen molar-refractivity contribution in [2.24, 2.45) is 11.3 Å². The average Bonchev–Trinajstić information content (AvgIpc) is 3.06. The summed E-state index contributed by atoms with van der Waals surface area (Å²) in [5.41, 5.74) is -0.411. The fourth-order valence-corrected chi connectivity index (χ4v) is 3.37. The molecule has 0 radical (unpaired) electrons. The first-order chi connectivity index (χ1) is 9.72. The van der Waals surface area contributed by atoms with Crippen LogP contribution in [0.25, 0.3) is 0 Å². The molecule has 0 aromatic rings. The summed E-state index contributed by atoms with van der Waals surface area (Å²) < 4.78 is 5.53. The molecular formula is C13H22N4O3. The molecule has 3 N–H and O–H groups in total. The van der Waals surface area contributed by atoms with Crippen molar-refractivity contribution in [2.75, 3.05) is 52.5 Å². The van der Waals surface area contributed by atoms with Crippen LogP contribution in [0.5, 0.6) is 0 Å². The standard InChI is InChI=1S/C13H22N4O3/c18-11(15-2-4-17-5-3-16-12(17)19)13-8-14-7-10(13)1-6-20-9-13/h10,14H,1-9H2,(H,15,18)(H,16,19)/t10-,13+/m1/s1. The van der Waals surface area contributed by atoms with E-state index in [2.05, 4.69) is 16.0 Å². The number of carbonyl (C=O) groups excluding carboxylic acids is 2. The van der Waals surface area contributed by atoms with Crippen molar-refractivity contribution in [3.8, 4) is 0 Å². The van der Waals surface area contributed by atoms with E-state index in [9.17, 15) is 9.59 Å². The van der Waals surface area contributed by atoms with Crippen LogP contribution in [0.3, 0.4) is 0 Å². The van der Waals surface area contributed by atoms with E-state index in [1.165, 1.54) is 0 Å². The maximum absolute atomic E-state index is 12.5. The van der Waals surface area contributed by atoms with Gasteiger partial charge in [0.2, 0.25) is 5.91 Å². The summed E-state index contributed by atoms with van der Waals surface area (Å²) in [7, 11) is 0. The van der Waals surface area contributed by atoms with E-state index in [1.54, 1.807) is 4.90 Å². The fraction of sp³-hybridized carbons (Fsp3) is 0.846. The fourth-order valence-electron chi connectivity index (χ4n) is 3.37. The lowest BCUT2D eigenvalue weighted by Crippen LogP contribution is -2.52. The Hall–Kier alpha value is -1.34. The second kappa shape index (κ2) is 5.57. The van der Waals surface area contributed by atoms with Crippen molar-refractivity contribution < 1.29 is 14.3 Å². The third-order valence-corrected chi connectivity index (χ3v) is 4.65. The second-order valence-corrected chi connectivity index (χ2v) is 5.80. The number of urea groups is 1. The summed E-state index contributed by atoms with van der Waals surface area (Å²) >= 11 is 0. The van der Waals surface area contributed by atoms with Crippen LogP contribution in [0.15, 0.2) is 0 Å². The molecule has 0 unspecified atom stereocenters. The summed E-state index contributed by atoms with van der Waals surface area (Å²) in [4.78, 5) is 25.6. The molecule has 3 aliphatic heterocycles. The largest absolute Gasteiger partial charge is 0.380 e. The van der Waals surface area contributed by atoms with Crippen LogP contribution in [-0.4, -0.2) is 69.3 Å². The number of ether oxygens (including phenoxy) is 1. The number of nitrogens with zero attached hydrogens (tertiary/aromatic N) is 1. The molecule has 3 amide bonds. The van der Waals surface area contributed by atoms with Gasteiger partial charge in [0.15, 0.2) is 0 Å². The minimum atomic E-state index is -0.411. The van der Waals surface area contributed by atoms with Crippen LogP contribution in [0.4, 0.5) is 4.79 Å². The van der Waals surface area contributed by atoms with Gasteiger partial charge in [0.1, 0.15) is 0 Å². The zero-order valence-electron chi connectivity index (χ0n) is 11.6. The van der Waals surface area contributed by atoms with Gasteiger partial charge >= 0.3 is 6.03 Å². The summed E-state index contributed by atoms with van der Waals surface area (Å²) in [5.74, 6) is 0.429. The Morgan fingerprint density at radius 3 is 3.25 bits per heavy atom. The summed E-state index contributed by atoms with van der Waals surface area (Å²) in [6.07, 6.45) is 0.939. The predicted octanol–water partition coefficient (Wildman–Crippen LogP) is -1.25. The lowest BCUT2D eigenvalue weighted by molar-refractivity contribution is -0.141. The SMILES string of the molecule is O=C1NCCN1CCNC(=O)[C@]12CNC[C@H]1CCOC2. The third kappa shape index (κ3) is 2.35. The minimum absolute atomic E-state index is 0.0428. The normalized spacial score (nSPS) is 32.9. The lowest BCUT2D eigenvalue weighted by atomic mass is 9.75. The zero-order chi connectivity index (χ0) is 14.0. The molecule has 112 valence electrons. The Bertz CT molecular complexity index is 403. The lowest BCUT2D eigenvalue weighted by Gasteiger charge is -2.36. The maximum Gasteiger partial charge on any atom is 0.317 e. The van der Waals surface area contributed by atoms with Crippen LogP contribution >= 0.6 is 0 Å². The number of hydrogen-bond donors (Lipinski definition) is 3. The number of carbonyl (C=O) groups is 2. The van der Waals surface area contributed by atoms with E-state index in [0.717, 1.165) is 19.6 Å². The van der Waals surface area contributed by atoms with E-state index >= 15 is 0 Å². The minimum Gasteiger partial charge on any atom is -0.380 e. The van der Waals surface area contributed by atoms with Crippen LogP contribution < -0.4 is 16.0 Å². The maximum atomic E-state index is 12.5. The highest BCUT2D eigenvalue weighted by Crippen LogP contribution is 2.37. The molecule has 3 aliphatic rings. The zero-order valence-corrected chi connectivity index (χ0v) is 11.6. The van der Waals surface area contributed by atoms with Gasteiger partial charge in [-0.05, 0) is 18.9 Å². The molecule has 0 saturated carbocycles. The summed E-state index contributed by atoms with van der Waals surface area (Å²) in [5, 5.41) is 9.04. The molecule has 3 rings (SSSR count). The van der Waals surface area contributed by atoms with Gasteiger partial charge in [0, 0.05) is 39.3 Å². The first-order valence-corrected chi connectivity index (χ1v) is 7.32. The average molecular weight is 282 g/mol. The first kappa shape index (κ1) is 13.6. The van der Waals surface area contributed by atoms with E-state index in [-0.39, 0.29) is 11.9 Å². The molecule has 7 nitrogen and oxygen atoms in total. The third-order valence-electron chi connectivity index (χ3n) is 4.65. The number of rotatable bonds is 4. The van der Waals surface area contributed by atoms with Gasteiger partial charge < -0.3 is 25.6 Å². The van der Waals surface area contributed by atoms with Crippen LogP contribution in [0.2, 0.25) is 0 Å². The number of fused-ring (bicyclic) bond motifs is 1. The second-order valence-electron chi connectivity index (χ2n) is 5.80. The molecule has 3 saturated heterocycles. The molecule has 3 heterocycles. The van der Waals surface area contributed by atoms with Crippen molar-refractivity contribution >= 4 is 11.9 Å². The molecule has 3 fully saturated rings. The van der Waals surface area contributed by atoms with E-state index < -0.39 is 5.41 Å². The monoisotopic (exact) mass is 282 g/mol. The van der Waals surface area contributed by atoms with Crippen LogP contribution in [0.1, 0.15) is 6.42 Å². The van der Waals surface area contributed by atoms with Crippen molar-refractivity contribution in [1.29, 1.82) is 0 Å². The Balaban J connectivity index is 1.52.